The Morgan fingerprint density at radius 2 is 1.63 bits per heavy atom. The second-order valence-corrected chi connectivity index (χ2v) is 7.81. The van der Waals surface area contributed by atoms with Crippen LogP contribution in [0, 0.1) is 6.92 Å². The van der Waals surface area contributed by atoms with E-state index in [2.05, 4.69) is 10.6 Å². The first-order valence-corrected chi connectivity index (χ1v) is 10.1. The van der Waals surface area contributed by atoms with Gasteiger partial charge in [-0.2, -0.15) is 0 Å². The Morgan fingerprint density at radius 1 is 0.967 bits per heavy atom. The van der Waals surface area contributed by atoms with Gasteiger partial charge in [0.2, 0.25) is 5.91 Å². The number of nitrogens with one attached hydrogen (secondary N) is 2. The van der Waals surface area contributed by atoms with E-state index in [9.17, 15) is 9.59 Å². The Kier molecular flexibility index (Phi) is 5.27. The second kappa shape index (κ2) is 8.03. The van der Waals surface area contributed by atoms with Gasteiger partial charge in [0.05, 0.1) is 12.0 Å². The zero-order valence-corrected chi connectivity index (χ0v) is 17.2. The average Bonchev–Trinajstić information content (AvgIpc) is 2.74. The maximum Gasteiger partial charge on any atom is 0.262 e. The van der Waals surface area contributed by atoms with Crippen LogP contribution in [0.3, 0.4) is 0 Å². The highest BCUT2D eigenvalue weighted by Gasteiger charge is 2.43. The van der Waals surface area contributed by atoms with Crippen LogP contribution in [0.1, 0.15) is 34.8 Å². The molecule has 0 radical (unpaired) electrons. The molecule has 1 heterocycles. The smallest absolute Gasteiger partial charge is 0.262 e. The van der Waals surface area contributed by atoms with Crippen LogP contribution in [-0.2, 0) is 11.3 Å². The summed E-state index contributed by atoms with van der Waals surface area (Å²) in [6.45, 7) is 4.32. The van der Waals surface area contributed by atoms with Crippen molar-refractivity contribution >= 4 is 23.2 Å². The summed E-state index contributed by atoms with van der Waals surface area (Å²) in [5.74, 6) is -0.239. The molecule has 0 bridgehead atoms. The van der Waals surface area contributed by atoms with Crippen LogP contribution in [0.15, 0.2) is 78.9 Å². The number of fused-ring (bicyclic) bond motifs is 1. The van der Waals surface area contributed by atoms with E-state index in [1.807, 2.05) is 92.7 Å². The Hall–Kier alpha value is -3.60. The van der Waals surface area contributed by atoms with Gasteiger partial charge >= 0.3 is 0 Å². The standard InChI is InChI=1S/C25H25N3O2/c1-18-10-6-9-15-22(18)28-24(30)20-13-7-8-14-21(20)27-25(28,2)16-23(29)26-17-19-11-4-3-5-12-19/h3-15,27H,16-17H2,1-2H3,(H,26,29)/t25-/m0/s1. The van der Waals surface area contributed by atoms with Crippen LogP contribution in [0.2, 0.25) is 0 Å². The van der Waals surface area contributed by atoms with Gasteiger partial charge in [-0.1, -0.05) is 60.7 Å². The molecular weight excluding hydrogens is 374 g/mol. The van der Waals surface area contributed by atoms with Gasteiger partial charge in [-0.25, -0.2) is 0 Å². The van der Waals surface area contributed by atoms with E-state index in [1.54, 1.807) is 4.90 Å². The molecule has 5 heteroatoms. The molecule has 1 atom stereocenters. The van der Waals surface area contributed by atoms with Crippen molar-refractivity contribution in [3.8, 4) is 0 Å². The fraction of sp³-hybridized carbons (Fsp3) is 0.200. The fourth-order valence-corrected chi connectivity index (χ4v) is 3.95. The van der Waals surface area contributed by atoms with Crippen molar-refractivity contribution in [3.05, 3.63) is 95.6 Å². The fourth-order valence-electron chi connectivity index (χ4n) is 3.95. The number of hydrogen-bond donors (Lipinski definition) is 2. The quantitative estimate of drug-likeness (QED) is 0.665. The molecule has 2 amide bonds. The molecule has 2 N–H and O–H groups in total. The molecule has 0 saturated carbocycles. The summed E-state index contributed by atoms with van der Waals surface area (Å²) in [6, 6.07) is 25.0. The number of amides is 2. The van der Waals surface area contributed by atoms with E-state index < -0.39 is 5.66 Å². The minimum Gasteiger partial charge on any atom is -0.361 e. The number of para-hydroxylation sites is 2. The third-order valence-corrected chi connectivity index (χ3v) is 5.45. The molecule has 152 valence electrons. The molecule has 0 fully saturated rings. The Morgan fingerprint density at radius 3 is 2.40 bits per heavy atom. The molecule has 3 aromatic rings. The molecule has 3 aromatic carbocycles. The normalized spacial score (nSPS) is 17.8. The number of rotatable bonds is 5. The average molecular weight is 399 g/mol. The Bertz CT molecular complexity index is 1080. The summed E-state index contributed by atoms with van der Waals surface area (Å²) in [5, 5.41) is 6.43. The maximum atomic E-state index is 13.5. The maximum absolute atomic E-state index is 13.5. The van der Waals surface area contributed by atoms with Gasteiger partial charge in [0.1, 0.15) is 5.66 Å². The third-order valence-electron chi connectivity index (χ3n) is 5.45. The summed E-state index contributed by atoms with van der Waals surface area (Å²) in [6.07, 6.45) is 0.119. The van der Waals surface area contributed by atoms with E-state index in [4.69, 9.17) is 0 Å². The van der Waals surface area contributed by atoms with Crippen LogP contribution in [0.4, 0.5) is 11.4 Å². The third kappa shape index (κ3) is 3.79. The van der Waals surface area contributed by atoms with Crippen molar-refractivity contribution in [3.63, 3.8) is 0 Å². The lowest BCUT2D eigenvalue weighted by Crippen LogP contribution is -2.60. The summed E-state index contributed by atoms with van der Waals surface area (Å²) >= 11 is 0. The molecule has 0 aliphatic carbocycles. The second-order valence-electron chi connectivity index (χ2n) is 7.81. The van der Waals surface area contributed by atoms with Crippen molar-refractivity contribution in [2.75, 3.05) is 10.2 Å². The van der Waals surface area contributed by atoms with Crippen LogP contribution < -0.4 is 15.5 Å². The monoisotopic (exact) mass is 399 g/mol. The van der Waals surface area contributed by atoms with Gasteiger partial charge in [0.25, 0.3) is 5.91 Å². The summed E-state index contributed by atoms with van der Waals surface area (Å²) in [7, 11) is 0. The topological polar surface area (TPSA) is 61.4 Å². The van der Waals surface area contributed by atoms with E-state index in [0.717, 1.165) is 22.5 Å². The van der Waals surface area contributed by atoms with Crippen molar-refractivity contribution in [1.82, 2.24) is 5.32 Å². The van der Waals surface area contributed by atoms with Gasteiger partial charge in [0.15, 0.2) is 0 Å². The highest BCUT2D eigenvalue weighted by Crippen LogP contribution is 2.38. The Balaban J connectivity index is 1.65. The minimum absolute atomic E-state index is 0.114. The highest BCUT2D eigenvalue weighted by molar-refractivity contribution is 6.13. The Labute approximate surface area is 176 Å². The minimum atomic E-state index is -0.904. The molecule has 4 rings (SSSR count). The van der Waals surface area contributed by atoms with E-state index in [-0.39, 0.29) is 18.2 Å². The van der Waals surface area contributed by atoms with Gasteiger partial charge in [0, 0.05) is 17.9 Å². The van der Waals surface area contributed by atoms with Crippen LogP contribution >= 0.6 is 0 Å². The molecule has 0 spiro atoms. The lowest BCUT2D eigenvalue weighted by molar-refractivity contribution is -0.122. The first-order chi connectivity index (χ1) is 14.5. The number of benzene rings is 3. The molecule has 5 nitrogen and oxygen atoms in total. The predicted octanol–water partition coefficient (Wildman–Crippen LogP) is 4.49. The lowest BCUT2D eigenvalue weighted by atomic mass is 9.95. The summed E-state index contributed by atoms with van der Waals surface area (Å²) in [5.41, 5.74) is 3.24. The first-order valence-electron chi connectivity index (χ1n) is 10.1. The van der Waals surface area contributed by atoms with Gasteiger partial charge in [-0.05, 0) is 43.2 Å². The zero-order valence-electron chi connectivity index (χ0n) is 17.2. The van der Waals surface area contributed by atoms with Gasteiger partial charge in [-0.3, -0.25) is 14.5 Å². The van der Waals surface area contributed by atoms with E-state index >= 15 is 0 Å². The molecule has 0 saturated heterocycles. The highest BCUT2D eigenvalue weighted by atomic mass is 16.2. The van der Waals surface area contributed by atoms with Crippen molar-refractivity contribution in [2.45, 2.75) is 32.5 Å². The molecule has 30 heavy (non-hydrogen) atoms. The number of carbonyl (C=O) groups excluding carboxylic acids is 2. The number of nitrogens with zero attached hydrogens (tertiary/aromatic N) is 1. The number of hydrogen-bond acceptors (Lipinski definition) is 3. The molecule has 0 unspecified atom stereocenters. The largest absolute Gasteiger partial charge is 0.361 e. The SMILES string of the molecule is Cc1ccccc1N1C(=O)c2ccccc2N[C@]1(C)CC(=O)NCc1ccccc1. The van der Waals surface area contributed by atoms with Crippen LogP contribution in [0.5, 0.6) is 0 Å². The molecule has 1 aliphatic heterocycles. The predicted molar refractivity (Wildman–Crippen MR) is 119 cm³/mol. The first kappa shape index (κ1) is 19.7. The van der Waals surface area contributed by atoms with Gasteiger partial charge < -0.3 is 10.6 Å². The number of anilines is 2. The number of aryl methyl sites for hydroxylation is 1. The molecule has 1 aliphatic rings. The summed E-state index contributed by atoms with van der Waals surface area (Å²) < 4.78 is 0. The molecule has 0 aromatic heterocycles. The van der Waals surface area contributed by atoms with E-state index in [1.165, 1.54) is 0 Å². The summed E-state index contributed by atoms with van der Waals surface area (Å²) in [4.78, 5) is 28.1. The zero-order chi connectivity index (χ0) is 21.1. The van der Waals surface area contributed by atoms with Crippen LogP contribution in [-0.4, -0.2) is 17.5 Å². The number of carbonyl (C=O) groups is 2. The van der Waals surface area contributed by atoms with Crippen molar-refractivity contribution in [2.24, 2.45) is 0 Å². The van der Waals surface area contributed by atoms with E-state index in [0.29, 0.717) is 12.1 Å². The van der Waals surface area contributed by atoms with Crippen molar-refractivity contribution < 1.29 is 9.59 Å². The van der Waals surface area contributed by atoms with Gasteiger partial charge in [-0.15, -0.1) is 0 Å². The lowest BCUT2D eigenvalue weighted by Gasteiger charge is -2.46. The molecular formula is C25H25N3O2. The van der Waals surface area contributed by atoms with Crippen molar-refractivity contribution in [1.29, 1.82) is 0 Å². The van der Waals surface area contributed by atoms with Crippen LogP contribution in [0.25, 0.3) is 0 Å².